The van der Waals surface area contributed by atoms with Crippen molar-refractivity contribution in [3.63, 3.8) is 0 Å². The molecule has 17 heavy (non-hydrogen) atoms. The lowest BCUT2D eigenvalue weighted by atomic mass is 9.51. The van der Waals surface area contributed by atoms with Gasteiger partial charge in [-0.2, -0.15) is 0 Å². The van der Waals surface area contributed by atoms with E-state index in [2.05, 4.69) is 4.98 Å². The van der Waals surface area contributed by atoms with Gasteiger partial charge in [-0.25, -0.2) is 0 Å². The van der Waals surface area contributed by atoms with Crippen LogP contribution < -0.4 is 5.43 Å². The first-order chi connectivity index (χ1) is 8.29. The number of nitrogens with one attached hydrogen (secondary N) is 1. The normalized spacial score (nSPS) is 42.9. The van der Waals surface area contributed by atoms with E-state index in [1.165, 1.54) is 37.8 Å². The molecule has 0 atom stereocenters. The Hall–Kier alpha value is -1.05. The van der Waals surface area contributed by atoms with Gasteiger partial charge in [-0.3, -0.25) is 4.79 Å². The van der Waals surface area contributed by atoms with Crippen molar-refractivity contribution >= 4 is 0 Å². The maximum absolute atomic E-state index is 11.5. The summed E-state index contributed by atoms with van der Waals surface area (Å²) >= 11 is 0. The summed E-state index contributed by atoms with van der Waals surface area (Å²) in [4.78, 5) is 14.8. The van der Waals surface area contributed by atoms with Crippen molar-refractivity contribution in [3.05, 3.63) is 34.2 Å². The van der Waals surface area contributed by atoms with E-state index in [-0.39, 0.29) is 5.43 Å². The molecule has 0 aromatic carbocycles. The highest BCUT2D eigenvalue weighted by atomic mass is 16.1. The molecule has 0 saturated heterocycles. The van der Waals surface area contributed by atoms with Crippen molar-refractivity contribution in [1.29, 1.82) is 0 Å². The zero-order valence-corrected chi connectivity index (χ0v) is 10.1. The van der Waals surface area contributed by atoms with Crippen molar-refractivity contribution in [1.82, 2.24) is 4.98 Å². The number of aromatic nitrogens is 1. The van der Waals surface area contributed by atoms with E-state index in [0.717, 1.165) is 23.7 Å². The summed E-state index contributed by atoms with van der Waals surface area (Å²) in [6, 6.07) is 3.46. The molecule has 90 valence electrons. The third kappa shape index (κ3) is 1.50. The fraction of sp³-hybridized carbons (Fsp3) is 0.667. The zero-order valence-electron chi connectivity index (χ0n) is 10.1. The molecule has 2 nitrogen and oxygen atoms in total. The molecule has 1 aromatic heterocycles. The molecule has 0 unspecified atom stereocenters. The van der Waals surface area contributed by atoms with Gasteiger partial charge in [-0.15, -0.1) is 0 Å². The second-order valence-electron chi connectivity index (χ2n) is 6.44. The largest absolute Gasteiger partial charge is 0.364 e. The standard InChI is InChI=1S/C15H19NO/c17-13-1-2-16-14(8-13)15-11-4-9-3-10(6-11)7-12(15)5-9/h1-2,8-12,15H,3-7H2,(H,16,17). The highest BCUT2D eigenvalue weighted by Gasteiger charge is 2.48. The number of hydrogen-bond donors (Lipinski definition) is 1. The second-order valence-corrected chi connectivity index (χ2v) is 6.44. The van der Waals surface area contributed by atoms with Crippen molar-refractivity contribution < 1.29 is 0 Å². The molecular formula is C15H19NO. The molecular weight excluding hydrogens is 210 g/mol. The summed E-state index contributed by atoms with van der Waals surface area (Å²) in [7, 11) is 0. The highest BCUT2D eigenvalue weighted by Crippen LogP contribution is 2.59. The Morgan fingerprint density at radius 2 is 1.65 bits per heavy atom. The molecule has 0 radical (unpaired) electrons. The van der Waals surface area contributed by atoms with E-state index in [0.29, 0.717) is 5.92 Å². The topological polar surface area (TPSA) is 32.9 Å². The lowest BCUT2D eigenvalue weighted by Crippen LogP contribution is -2.44. The highest BCUT2D eigenvalue weighted by molar-refractivity contribution is 5.17. The molecule has 1 heterocycles. The number of rotatable bonds is 1. The minimum absolute atomic E-state index is 0.160. The van der Waals surface area contributed by atoms with Crippen LogP contribution in [-0.4, -0.2) is 4.98 Å². The summed E-state index contributed by atoms with van der Waals surface area (Å²) in [5.74, 6) is 4.36. The number of hydrogen-bond acceptors (Lipinski definition) is 1. The molecule has 5 rings (SSSR count). The van der Waals surface area contributed by atoms with Gasteiger partial charge < -0.3 is 4.98 Å². The van der Waals surface area contributed by atoms with Gasteiger partial charge >= 0.3 is 0 Å². The zero-order chi connectivity index (χ0) is 11.4. The quantitative estimate of drug-likeness (QED) is 0.789. The Morgan fingerprint density at radius 1 is 1.00 bits per heavy atom. The Kier molecular flexibility index (Phi) is 2.03. The molecule has 0 spiro atoms. The van der Waals surface area contributed by atoms with Gasteiger partial charge in [-0.05, 0) is 55.8 Å². The molecule has 2 heteroatoms. The van der Waals surface area contributed by atoms with Gasteiger partial charge in [0, 0.05) is 29.9 Å². The first-order valence-electron chi connectivity index (χ1n) is 6.98. The Bertz CT molecular complexity index is 462. The van der Waals surface area contributed by atoms with E-state index >= 15 is 0 Å². The average molecular weight is 229 g/mol. The molecule has 4 bridgehead atoms. The van der Waals surface area contributed by atoms with Gasteiger partial charge in [0.05, 0.1) is 0 Å². The van der Waals surface area contributed by atoms with Crippen LogP contribution in [0.2, 0.25) is 0 Å². The van der Waals surface area contributed by atoms with Crippen LogP contribution >= 0.6 is 0 Å². The van der Waals surface area contributed by atoms with E-state index in [9.17, 15) is 4.79 Å². The van der Waals surface area contributed by atoms with Crippen LogP contribution in [0.25, 0.3) is 0 Å². The van der Waals surface area contributed by atoms with Crippen LogP contribution in [0.5, 0.6) is 0 Å². The Labute approximate surface area is 101 Å². The van der Waals surface area contributed by atoms with E-state index < -0.39 is 0 Å². The predicted octanol–water partition coefficient (Wildman–Crippen LogP) is 2.91. The summed E-state index contributed by atoms with van der Waals surface area (Å²) < 4.78 is 0. The molecule has 1 N–H and O–H groups in total. The van der Waals surface area contributed by atoms with Crippen LogP contribution in [0.15, 0.2) is 23.1 Å². The summed E-state index contributed by atoms with van der Waals surface area (Å²) in [5.41, 5.74) is 1.37. The maximum atomic E-state index is 11.5. The molecule has 4 aliphatic carbocycles. The average Bonchev–Trinajstić information content (AvgIpc) is 2.27. The third-order valence-corrected chi connectivity index (χ3v) is 5.38. The first kappa shape index (κ1) is 9.93. The lowest BCUT2D eigenvalue weighted by molar-refractivity contribution is -0.00417. The maximum Gasteiger partial charge on any atom is 0.181 e. The van der Waals surface area contributed by atoms with Crippen LogP contribution in [0.1, 0.15) is 43.7 Å². The lowest BCUT2D eigenvalue weighted by Gasteiger charge is -2.54. The predicted molar refractivity (Wildman–Crippen MR) is 66.8 cm³/mol. The Morgan fingerprint density at radius 3 is 2.24 bits per heavy atom. The van der Waals surface area contributed by atoms with Crippen molar-refractivity contribution in [2.75, 3.05) is 0 Å². The molecule has 0 amide bonds. The fourth-order valence-electron chi connectivity index (χ4n) is 5.09. The number of aromatic amines is 1. The summed E-state index contributed by atoms with van der Waals surface area (Å²) in [6.45, 7) is 0. The van der Waals surface area contributed by atoms with E-state index in [1.807, 2.05) is 12.3 Å². The summed E-state index contributed by atoms with van der Waals surface area (Å²) in [5, 5.41) is 0. The smallest absolute Gasteiger partial charge is 0.181 e. The first-order valence-corrected chi connectivity index (χ1v) is 6.98. The van der Waals surface area contributed by atoms with Gasteiger partial charge in [0.1, 0.15) is 0 Å². The van der Waals surface area contributed by atoms with Crippen molar-refractivity contribution in [2.24, 2.45) is 23.7 Å². The fourth-order valence-corrected chi connectivity index (χ4v) is 5.09. The van der Waals surface area contributed by atoms with Gasteiger partial charge in [0.15, 0.2) is 5.43 Å². The van der Waals surface area contributed by atoms with Crippen molar-refractivity contribution in [3.8, 4) is 0 Å². The SMILES string of the molecule is O=c1cc[nH]c(C2C3CC4CC(C3)CC2C4)c1. The van der Waals surface area contributed by atoms with Crippen LogP contribution in [0.3, 0.4) is 0 Å². The minimum atomic E-state index is 0.160. The van der Waals surface area contributed by atoms with Gasteiger partial charge in [0.2, 0.25) is 0 Å². The van der Waals surface area contributed by atoms with E-state index in [4.69, 9.17) is 0 Å². The van der Waals surface area contributed by atoms with Crippen molar-refractivity contribution in [2.45, 2.75) is 38.0 Å². The van der Waals surface area contributed by atoms with Crippen LogP contribution in [-0.2, 0) is 0 Å². The Balaban J connectivity index is 1.72. The van der Waals surface area contributed by atoms with Gasteiger partial charge in [-0.1, -0.05) is 0 Å². The number of H-pyrrole nitrogens is 1. The van der Waals surface area contributed by atoms with Gasteiger partial charge in [0.25, 0.3) is 0 Å². The molecule has 4 saturated carbocycles. The minimum Gasteiger partial charge on any atom is -0.364 e. The third-order valence-electron chi connectivity index (χ3n) is 5.38. The molecule has 0 aliphatic heterocycles. The monoisotopic (exact) mass is 229 g/mol. The van der Waals surface area contributed by atoms with Crippen LogP contribution in [0, 0.1) is 23.7 Å². The second kappa shape index (κ2) is 3.47. The molecule has 1 aromatic rings. The number of pyridine rings is 1. The molecule has 4 fully saturated rings. The van der Waals surface area contributed by atoms with E-state index in [1.54, 1.807) is 6.07 Å². The summed E-state index contributed by atoms with van der Waals surface area (Å²) in [6.07, 6.45) is 8.96. The molecule has 4 aliphatic rings. The van der Waals surface area contributed by atoms with Crippen LogP contribution in [0.4, 0.5) is 0 Å².